The molecule has 0 bridgehead atoms. The number of nitrogens with one attached hydrogen (secondary N) is 2. The number of hydrogen-bond acceptors (Lipinski definition) is 3. The smallest absolute Gasteiger partial charge is 0.251 e. The van der Waals surface area contributed by atoms with Crippen LogP contribution in [-0.2, 0) is 4.79 Å². The molecule has 0 saturated carbocycles. The third-order valence-electron chi connectivity index (χ3n) is 2.03. The van der Waals surface area contributed by atoms with Crippen molar-refractivity contribution in [1.29, 1.82) is 0 Å². The van der Waals surface area contributed by atoms with Gasteiger partial charge in [0.1, 0.15) is 0 Å². The van der Waals surface area contributed by atoms with E-state index in [-0.39, 0.29) is 23.9 Å². The molecule has 0 radical (unpaired) electrons. The van der Waals surface area contributed by atoms with Crippen LogP contribution < -0.4 is 10.6 Å². The maximum atomic E-state index is 11.7. The average Bonchev–Trinajstić information content (AvgIpc) is 2.23. The van der Waals surface area contributed by atoms with E-state index in [1.807, 2.05) is 20.8 Å². The van der Waals surface area contributed by atoms with Crippen LogP contribution in [0.15, 0.2) is 29.2 Å². The minimum atomic E-state index is -0.299. The second-order valence-electron chi connectivity index (χ2n) is 5.03. The van der Waals surface area contributed by atoms with Crippen LogP contribution in [0.4, 0.5) is 0 Å². The third kappa shape index (κ3) is 5.23. The SMILES string of the molecule is CC(C)(C)NC(=O)CNC(=O)c1cccc(S)c1. The summed E-state index contributed by atoms with van der Waals surface area (Å²) in [5.41, 5.74) is 0.193. The van der Waals surface area contributed by atoms with Gasteiger partial charge in [-0.3, -0.25) is 9.59 Å². The molecule has 0 fully saturated rings. The maximum absolute atomic E-state index is 11.7. The van der Waals surface area contributed by atoms with Crippen molar-refractivity contribution in [3.8, 4) is 0 Å². The summed E-state index contributed by atoms with van der Waals surface area (Å²) >= 11 is 4.15. The molecule has 0 aliphatic rings. The Hall–Kier alpha value is -1.49. The van der Waals surface area contributed by atoms with Crippen molar-refractivity contribution < 1.29 is 9.59 Å². The molecule has 0 saturated heterocycles. The van der Waals surface area contributed by atoms with Crippen molar-refractivity contribution in [3.05, 3.63) is 29.8 Å². The highest BCUT2D eigenvalue weighted by molar-refractivity contribution is 7.80. The fourth-order valence-electron chi connectivity index (χ4n) is 1.37. The molecule has 4 nitrogen and oxygen atoms in total. The number of thiol groups is 1. The monoisotopic (exact) mass is 266 g/mol. The predicted octanol–water partition coefficient (Wildman–Crippen LogP) is 1.62. The highest BCUT2D eigenvalue weighted by Crippen LogP contribution is 2.08. The van der Waals surface area contributed by atoms with Crippen LogP contribution in [0.3, 0.4) is 0 Å². The summed E-state index contributed by atoms with van der Waals surface area (Å²) in [6, 6.07) is 6.86. The molecule has 2 N–H and O–H groups in total. The summed E-state index contributed by atoms with van der Waals surface area (Å²) < 4.78 is 0. The van der Waals surface area contributed by atoms with Crippen LogP contribution in [0.25, 0.3) is 0 Å². The number of rotatable bonds is 3. The molecule has 5 heteroatoms. The molecular formula is C13H18N2O2S. The first-order valence-corrected chi connectivity index (χ1v) is 6.11. The molecule has 0 atom stereocenters. The fourth-order valence-corrected chi connectivity index (χ4v) is 1.60. The van der Waals surface area contributed by atoms with Crippen LogP contribution in [0, 0.1) is 0 Å². The van der Waals surface area contributed by atoms with Crippen molar-refractivity contribution in [3.63, 3.8) is 0 Å². The van der Waals surface area contributed by atoms with Gasteiger partial charge < -0.3 is 10.6 Å². The highest BCUT2D eigenvalue weighted by atomic mass is 32.1. The number of carbonyl (C=O) groups is 2. The molecule has 1 aromatic carbocycles. The Labute approximate surface area is 113 Å². The van der Waals surface area contributed by atoms with Gasteiger partial charge in [0.15, 0.2) is 0 Å². The van der Waals surface area contributed by atoms with E-state index in [1.54, 1.807) is 24.3 Å². The minimum absolute atomic E-state index is 0.0348. The van der Waals surface area contributed by atoms with Crippen LogP contribution in [0.2, 0.25) is 0 Å². The molecule has 1 rings (SSSR count). The number of benzene rings is 1. The average molecular weight is 266 g/mol. The molecule has 0 aliphatic carbocycles. The van der Waals surface area contributed by atoms with Gasteiger partial charge in [-0.1, -0.05) is 6.07 Å². The molecular weight excluding hydrogens is 248 g/mol. The topological polar surface area (TPSA) is 58.2 Å². The lowest BCUT2D eigenvalue weighted by Gasteiger charge is -2.20. The molecule has 0 aromatic heterocycles. The maximum Gasteiger partial charge on any atom is 0.251 e. The summed E-state index contributed by atoms with van der Waals surface area (Å²) in [5, 5.41) is 5.33. The Bertz CT molecular complexity index is 453. The van der Waals surface area contributed by atoms with Gasteiger partial charge >= 0.3 is 0 Å². The van der Waals surface area contributed by atoms with Gasteiger partial charge in [-0.15, -0.1) is 12.6 Å². The standard InChI is InChI=1S/C13H18N2O2S/c1-13(2,3)15-11(16)8-14-12(17)9-5-4-6-10(18)7-9/h4-7,18H,8H2,1-3H3,(H,14,17)(H,15,16). The van der Waals surface area contributed by atoms with E-state index < -0.39 is 0 Å². The number of carbonyl (C=O) groups excluding carboxylic acids is 2. The Morgan fingerprint density at radius 3 is 2.50 bits per heavy atom. The molecule has 2 amide bonds. The molecule has 18 heavy (non-hydrogen) atoms. The number of hydrogen-bond donors (Lipinski definition) is 3. The lowest BCUT2D eigenvalue weighted by molar-refractivity contribution is -0.121. The zero-order valence-corrected chi connectivity index (χ0v) is 11.7. The molecule has 0 unspecified atom stereocenters. The van der Waals surface area contributed by atoms with E-state index >= 15 is 0 Å². The van der Waals surface area contributed by atoms with Crippen molar-refractivity contribution in [2.75, 3.05) is 6.54 Å². The van der Waals surface area contributed by atoms with E-state index in [2.05, 4.69) is 23.3 Å². The normalized spacial score (nSPS) is 10.9. The van der Waals surface area contributed by atoms with Gasteiger partial charge in [-0.05, 0) is 39.0 Å². The van der Waals surface area contributed by atoms with Gasteiger partial charge in [0.25, 0.3) is 5.91 Å². The van der Waals surface area contributed by atoms with Crippen molar-refractivity contribution in [1.82, 2.24) is 10.6 Å². The lowest BCUT2D eigenvalue weighted by atomic mass is 10.1. The van der Waals surface area contributed by atoms with Crippen molar-refractivity contribution in [2.24, 2.45) is 0 Å². The first kappa shape index (κ1) is 14.6. The molecule has 98 valence electrons. The third-order valence-corrected chi connectivity index (χ3v) is 2.31. The fraction of sp³-hybridized carbons (Fsp3) is 0.385. The summed E-state index contributed by atoms with van der Waals surface area (Å²) in [6.45, 7) is 5.62. The minimum Gasteiger partial charge on any atom is -0.350 e. The zero-order valence-electron chi connectivity index (χ0n) is 10.8. The van der Waals surface area contributed by atoms with E-state index in [9.17, 15) is 9.59 Å². The Kier molecular flexibility index (Phi) is 4.78. The summed E-state index contributed by atoms with van der Waals surface area (Å²) in [4.78, 5) is 24.0. The molecule has 1 aromatic rings. The Balaban J connectivity index is 2.49. The summed E-state index contributed by atoms with van der Waals surface area (Å²) in [7, 11) is 0. The second kappa shape index (κ2) is 5.91. The Morgan fingerprint density at radius 1 is 1.28 bits per heavy atom. The van der Waals surface area contributed by atoms with Crippen molar-refractivity contribution in [2.45, 2.75) is 31.2 Å². The van der Waals surface area contributed by atoms with Gasteiger partial charge in [0, 0.05) is 16.0 Å². The highest BCUT2D eigenvalue weighted by Gasteiger charge is 2.14. The zero-order chi connectivity index (χ0) is 13.8. The van der Waals surface area contributed by atoms with Gasteiger partial charge in [-0.2, -0.15) is 0 Å². The first-order valence-electron chi connectivity index (χ1n) is 5.66. The largest absolute Gasteiger partial charge is 0.350 e. The van der Waals surface area contributed by atoms with Gasteiger partial charge in [0.2, 0.25) is 5.91 Å². The Morgan fingerprint density at radius 2 is 1.94 bits per heavy atom. The molecule has 0 heterocycles. The van der Waals surface area contributed by atoms with Gasteiger partial charge in [-0.25, -0.2) is 0 Å². The lowest BCUT2D eigenvalue weighted by Crippen LogP contribution is -2.45. The first-order chi connectivity index (χ1) is 8.28. The summed E-state index contributed by atoms with van der Waals surface area (Å²) in [6.07, 6.45) is 0. The van der Waals surface area contributed by atoms with Crippen LogP contribution >= 0.6 is 12.6 Å². The van der Waals surface area contributed by atoms with E-state index in [4.69, 9.17) is 0 Å². The predicted molar refractivity (Wildman–Crippen MR) is 73.9 cm³/mol. The summed E-state index contributed by atoms with van der Waals surface area (Å²) in [5.74, 6) is -0.493. The quantitative estimate of drug-likeness (QED) is 0.728. The van der Waals surface area contributed by atoms with E-state index in [0.29, 0.717) is 10.5 Å². The van der Waals surface area contributed by atoms with Gasteiger partial charge in [0.05, 0.1) is 6.54 Å². The van der Waals surface area contributed by atoms with Crippen molar-refractivity contribution >= 4 is 24.4 Å². The number of amides is 2. The molecule has 0 aliphatic heterocycles. The van der Waals surface area contributed by atoms with Crippen LogP contribution in [-0.4, -0.2) is 23.9 Å². The van der Waals surface area contributed by atoms with E-state index in [1.165, 1.54) is 0 Å². The van der Waals surface area contributed by atoms with E-state index in [0.717, 1.165) is 0 Å². The van der Waals surface area contributed by atoms with Crippen LogP contribution in [0.5, 0.6) is 0 Å². The second-order valence-corrected chi connectivity index (χ2v) is 5.55. The van der Waals surface area contributed by atoms with Crippen LogP contribution in [0.1, 0.15) is 31.1 Å². The molecule has 0 spiro atoms.